The SMILES string of the molecule is CC(=O)c1cc([C@H]2OCC(N=[N+]=[N-])[C@@H]2Cl)oc1C. The number of ketones is 1. The molecular formula is C11H12ClN3O3. The number of halogens is 1. The summed E-state index contributed by atoms with van der Waals surface area (Å²) in [4.78, 5) is 14.1. The average molecular weight is 270 g/mol. The molecule has 1 unspecified atom stereocenters. The summed E-state index contributed by atoms with van der Waals surface area (Å²) in [5.41, 5.74) is 8.92. The Morgan fingerprint density at radius 1 is 1.67 bits per heavy atom. The number of furan rings is 1. The van der Waals surface area contributed by atoms with Crippen molar-refractivity contribution in [3.63, 3.8) is 0 Å². The molecule has 0 N–H and O–H groups in total. The van der Waals surface area contributed by atoms with E-state index in [1.807, 2.05) is 0 Å². The van der Waals surface area contributed by atoms with Gasteiger partial charge < -0.3 is 9.15 Å². The molecule has 6 nitrogen and oxygen atoms in total. The van der Waals surface area contributed by atoms with Gasteiger partial charge in [0.25, 0.3) is 0 Å². The summed E-state index contributed by atoms with van der Waals surface area (Å²) in [6.07, 6.45) is -0.492. The maximum atomic E-state index is 11.3. The monoisotopic (exact) mass is 269 g/mol. The first kappa shape index (κ1) is 13.0. The Morgan fingerprint density at radius 2 is 2.39 bits per heavy atom. The van der Waals surface area contributed by atoms with Gasteiger partial charge in [0.1, 0.15) is 17.6 Å². The molecule has 0 saturated carbocycles. The summed E-state index contributed by atoms with van der Waals surface area (Å²) < 4.78 is 11.0. The zero-order valence-corrected chi connectivity index (χ0v) is 10.7. The topological polar surface area (TPSA) is 88.2 Å². The highest BCUT2D eigenvalue weighted by atomic mass is 35.5. The standard InChI is InChI=1S/C11H12ClN3O3/c1-5(16)7-3-9(18-6(7)2)11-10(12)8(4-17-11)14-15-13/h3,8,10-11H,4H2,1-2H3/t8?,10-,11+/m0/s1. The van der Waals surface area contributed by atoms with Crippen LogP contribution in [0.1, 0.15) is 34.9 Å². The zero-order valence-electron chi connectivity index (χ0n) is 9.96. The molecule has 0 aliphatic carbocycles. The van der Waals surface area contributed by atoms with Gasteiger partial charge in [0.05, 0.1) is 23.6 Å². The molecule has 7 heteroatoms. The van der Waals surface area contributed by atoms with E-state index >= 15 is 0 Å². The van der Waals surface area contributed by atoms with Crippen molar-refractivity contribution in [3.8, 4) is 0 Å². The molecule has 0 amide bonds. The van der Waals surface area contributed by atoms with Gasteiger partial charge in [0.15, 0.2) is 5.78 Å². The van der Waals surface area contributed by atoms with Crippen molar-refractivity contribution in [1.29, 1.82) is 0 Å². The molecule has 3 atom stereocenters. The van der Waals surface area contributed by atoms with Gasteiger partial charge in [-0.1, -0.05) is 5.11 Å². The average Bonchev–Trinajstić information content (AvgIpc) is 2.84. The highest BCUT2D eigenvalue weighted by Gasteiger charge is 2.38. The largest absolute Gasteiger partial charge is 0.463 e. The summed E-state index contributed by atoms with van der Waals surface area (Å²) in [5.74, 6) is 0.962. The van der Waals surface area contributed by atoms with Crippen LogP contribution in [0.4, 0.5) is 0 Å². The van der Waals surface area contributed by atoms with Crippen LogP contribution in [0.3, 0.4) is 0 Å². The fraction of sp³-hybridized carbons (Fsp3) is 0.545. The van der Waals surface area contributed by atoms with Gasteiger partial charge in [-0.05, 0) is 25.4 Å². The van der Waals surface area contributed by atoms with Crippen LogP contribution < -0.4 is 0 Å². The summed E-state index contributed by atoms with van der Waals surface area (Å²) >= 11 is 6.16. The van der Waals surface area contributed by atoms with E-state index in [9.17, 15) is 4.79 Å². The molecule has 2 rings (SSSR count). The molecule has 1 aliphatic rings. The van der Waals surface area contributed by atoms with E-state index in [0.717, 1.165) is 0 Å². The Kier molecular flexibility index (Phi) is 3.61. The number of Topliss-reactive ketones (excluding diaryl/α,β-unsaturated/α-hetero) is 1. The van der Waals surface area contributed by atoms with E-state index < -0.39 is 17.5 Å². The number of ether oxygens (including phenoxy) is 1. The number of aryl methyl sites for hydroxylation is 1. The number of hydrogen-bond acceptors (Lipinski definition) is 4. The third kappa shape index (κ3) is 2.22. The summed E-state index contributed by atoms with van der Waals surface area (Å²) in [7, 11) is 0. The number of azide groups is 1. The number of alkyl halides is 1. The van der Waals surface area contributed by atoms with E-state index in [2.05, 4.69) is 10.0 Å². The van der Waals surface area contributed by atoms with E-state index in [0.29, 0.717) is 17.1 Å². The summed E-state index contributed by atoms with van der Waals surface area (Å²) in [6, 6.07) is 1.21. The molecular weight excluding hydrogens is 258 g/mol. The Labute approximate surface area is 108 Å². The molecule has 1 saturated heterocycles. The van der Waals surface area contributed by atoms with E-state index in [-0.39, 0.29) is 12.4 Å². The Balaban J connectivity index is 2.25. The number of hydrogen-bond donors (Lipinski definition) is 0. The quantitative estimate of drug-likeness (QED) is 0.278. The van der Waals surface area contributed by atoms with Crippen LogP contribution in [0.2, 0.25) is 0 Å². The minimum atomic E-state index is -0.494. The molecule has 0 radical (unpaired) electrons. The normalized spacial score (nSPS) is 26.9. The minimum Gasteiger partial charge on any atom is -0.463 e. The highest BCUT2D eigenvalue weighted by Crippen LogP contribution is 2.36. The second-order valence-electron chi connectivity index (χ2n) is 4.15. The molecule has 1 aromatic heterocycles. The molecule has 1 fully saturated rings. The van der Waals surface area contributed by atoms with Gasteiger partial charge in [-0.3, -0.25) is 4.79 Å². The minimum absolute atomic E-state index is 0.0711. The Bertz CT molecular complexity index is 522. The second-order valence-corrected chi connectivity index (χ2v) is 4.65. The van der Waals surface area contributed by atoms with E-state index in [1.165, 1.54) is 6.92 Å². The maximum absolute atomic E-state index is 11.3. The first-order valence-electron chi connectivity index (χ1n) is 5.45. The first-order valence-corrected chi connectivity index (χ1v) is 5.89. The van der Waals surface area contributed by atoms with Crippen molar-refractivity contribution >= 4 is 17.4 Å². The number of rotatable bonds is 3. The second kappa shape index (κ2) is 5.02. The zero-order chi connectivity index (χ0) is 13.3. The molecule has 1 aromatic rings. The van der Waals surface area contributed by atoms with Gasteiger partial charge in [-0.2, -0.15) is 0 Å². The van der Waals surface area contributed by atoms with E-state index in [1.54, 1.807) is 13.0 Å². The lowest BCUT2D eigenvalue weighted by atomic mass is 10.1. The van der Waals surface area contributed by atoms with Crippen molar-refractivity contribution in [2.75, 3.05) is 6.61 Å². The number of carbonyl (C=O) groups excluding carboxylic acids is 1. The summed E-state index contributed by atoms with van der Waals surface area (Å²) in [5, 5.41) is 3.07. The van der Waals surface area contributed by atoms with Crippen LogP contribution in [0.25, 0.3) is 10.4 Å². The Hall–Kier alpha value is -1.49. The van der Waals surface area contributed by atoms with Crippen LogP contribution in [0, 0.1) is 6.92 Å². The van der Waals surface area contributed by atoms with Gasteiger partial charge in [0.2, 0.25) is 0 Å². The number of nitrogens with zero attached hydrogens (tertiary/aromatic N) is 3. The van der Waals surface area contributed by atoms with Crippen LogP contribution in [0.5, 0.6) is 0 Å². The van der Waals surface area contributed by atoms with Crippen LogP contribution >= 0.6 is 11.6 Å². The molecule has 18 heavy (non-hydrogen) atoms. The molecule has 0 aromatic carbocycles. The Morgan fingerprint density at radius 3 is 2.94 bits per heavy atom. The molecule has 0 spiro atoms. The van der Waals surface area contributed by atoms with Gasteiger partial charge in [-0.25, -0.2) is 0 Å². The molecule has 96 valence electrons. The lowest BCUT2D eigenvalue weighted by Crippen LogP contribution is -2.17. The predicted molar refractivity (Wildman–Crippen MR) is 64.7 cm³/mol. The lowest BCUT2D eigenvalue weighted by molar-refractivity contribution is 0.0930. The van der Waals surface area contributed by atoms with Gasteiger partial charge in [-0.15, -0.1) is 11.6 Å². The van der Waals surface area contributed by atoms with Crippen LogP contribution in [0.15, 0.2) is 15.6 Å². The van der Waals surface area contributed by atoms with Crippen LogP contribution in [-0.2, 0) is 4.74 Å². The van der Waals surface area contributed by atoms with Crippen molar-refractivity contribution in [1.82, 2.24) is 0 Å². The van der Waals surface area contributed by atoms with Crippen molar-refractivity contribution in [3.05, 3.63) is 33.6 Å². The van der Waals surface area contributed by atoms with Crippen molar-refractivity contribution in [2.24, 2.45) is 5.11 Å². The molecule has 0 bridgehead atoms. The fourth-order valence-corrected chi connectivity index (χ4v) is 2.31. The van der Waals surface area contributed by atoms with Gasteiger partial charge >= 0.3 is 0 Å². The first-order chi connectivity index (χ1) is 8.54. The third-order valence-electron chi connectivity index (χ3n) is 2.90. The van der Waals surface area contributed by atoms with Gasteiger partial charge in [0, 0.05) is 4.91 Å². The van der Waals surface area contributed by atoms with E-state index in [4.69, 9.17) is 26.3 Å². The lowest BCUT2D eigenvalue weighted by Gasteiger charge is -2.10. The third-order valence-corrected chi connectivity index (χ3v) is 3.42. The predicted octanol–water partition coefficient (Wildman–Crippen LogP) is 3.15. The van der Waals surface area contributed by atoms with Crippen LogP contribution in [-0.4, -0.2) is 23.8 Å². The summed E-state index contributed by atoms with van der Waals surface area (Å²) in [6.45, 7) is 3.43. The highest BCUT2D eigenvalue weighted by molar-refractivity contribution is 6.21. The fourth-order valence-electron chi connectivity index (χ4n) is 1.99. The van der Waals surface area contributed by atoms with Crippen molar-refractivity contribution < 1.29 is 13.9 Å². The smallest absolute Gasteiger partial charge is 0.163 e. The molecule has 1 aliphatic heterocycles. The molecule has 2 heterocycles. The number of carbonyl (C=O) groups is 1. The van der Waals surface area contributed by atoms with Crippen molar-refractivity contribution in [2.45, 2.75) is 31.4 Å². The maximum Gasteiger partial charge on any atom is 0.163 e.